The van der Waals surface area contributed by atoms with Crippen molar-refractivity contribution in [2.45, 2.75) is 57.1 Å². The molecule has 0 aromatic heterocycles. The van der Waals surface area contributed by atoms with E-state index >= 15 is 0 Å². The number of aliphatic hydroxyl groups excluding tert-OH is 1. The van der Waals surface area contributed by atoms with Crippen LogP contribution in [0.1, 0.15) is 36.8 Å². The van der Waals surface area contributed by atoms with Gasteiger partial charge in [-0.05, 0) is 61.1 Å². The highest BCUT2D eigenvalue weighted by molar-refractivity contribution is 5.29. The zero-order valence-corrected chi connectivity index (χ0v) is 17.1. The molecular weight excluding hydrogens is 395 g/mol. The second-order valence-corrected chi connectivity index (χ2v) is 7.77. The van der Waals surface area contributed by atoms with Gasteiger partial charge in [0.1, 0.15) is 11.5 Å². The molecule has 1 fully saturated rings. The van der Waals surface area contributed by atoms with Crippen molar-refractivity contribution >= 4 is 0 Å². The van der Waals surface area contributed by atoms with E-state index in [0.717, 1.165) is 49.1 Å². The van der Waals surface area contributed by atoms with E-state index in [0.29, 0.717) is 12.6 Å². The maximum absolute atomic E-state index is 12.3. The summed E-state index contributed by atoms with van der Waals surface area (Å²) in [5.41, 5.74) is 2.13. The molecule has 2 aromatic carbocycles. The molecule has 0 spiro atoms. The van der Waals surface area contributed by atoms with Crippen molar-refractivity contribution in [3.05, 3.63) is 59.7 Å². The first kappa shape index (κ1) is 22.4. The highest BCUT2D eigenvalue weighted by Crippen LogP contribution is 2.27. The van der Waals surface area contributed by atoms with Gasteiger partial charge in [-0.3, -0.25) is 4.90 Å². The van der Waals surface area contributed by atoms with E-state index in [2.05, 4.69) is 11.0 Å². The lowest BCUT2D eigenvalue weighted by Gasteiger charge is -2.36. The molecule has 164 valence electrons. The lowest BCUT2D eigenvalue weighted by molar-refractivity contribution is -0.153. The summed E-state index contributed by atoms with van der Waals surface area (Å²) in [5.74, 6) is 1.01. The Morgan fingerprint density at radius 1 is 0.933 bits per heavy atom. The van der Waals surface area contributed by atoms with E-state index in [1.165, 1.54) is 0 Å². The standard InChI is InChI=1S/C23H28F3NO3/c1-29-22-4-2-3-18(13-22)15-27(19-7-9-20(28)10-8-19)14-17-5-11-21(12-6-17)30-16-23(24,25)26/h2-6,11-13,19-20,28H,7-10,14-16H2,1H3. The molecule has 0 bridgehead atoms. The fourth-order valence-corrected chi connectivity index (χ4v) is 3.83. The normalized spacial score (nSPS) is 19.7. The Morgan fingerprint density at radius 2 is 1.60 bits per heavy atom. The van der Waals surface area contributed by atoms with Gasteiger partial charge in [0.2, 0.25) is 0 Å². The van der Waals surface area contributed by atoms with Gasteiger partial charge in [0.25, 0.3) is 0 Å². The summed E-state index contributed by atoms with van der Waals surface area (Å²) >= 11 is 0. The van der Waals surface area contributed by atoms with Gasteiger partial charge in [-0.2, -0.15) is 13.2 Å². The molecule has 0 unspecified atom stereocenters. The first-order valence-electron chi connectivity index (χ1n) is 10.2. The van der Waals surface area contributed by atoms with Crippen LogP contribution in [0.3, 0.4) is 0 Å². The summed E-state index contributed by atoms with van der Waals surface area (Å²) in [7, 11) is 1.64. The summed E-state index contributed by atoms with van der Waals surface area (Å²) in [6, 6.07) is 15.0. The Kier molecular flexibility index (Phi) is 7.61. The Bertz CT molecular complexity index is 787. The summed E-state index contributed by atoms with van der Waals surface area (Å²) in [4.78, 5) is 2.37. The van der Waals surface area contributed by atoms with E-state index in [1.54, 1.807) is 19.2 Å². The van der Waals surface area contributed by atoms with Crippen LogP contribution in [0.15, 0.2) is 48.5 Å². The molecule has 1 N–H and O–H groups in total. The van der Waals surface area contributed by atoms with Crippen molar-refractivity contribution < 1.29 is 27.8 Å². The Labute approximate surface area is 175 Å². The average molecular weight is 423 g/mol. The van der Waals surface area contributed by atoms with Crippen molar-refractivity contribution in [3.8, 4) is 11.5 Å². The zero-order chi connectivity index (χ0) is 21.6. The van der Waals surface area contributed by atoms with Gasteiger partial charge in [0.05, 0.1) is 13.2 Å². The van der Waals surface area contributed by atoms with Gasteiger partial charge in [0, 0.05) is 19.1 Å². The van der Waals surface area contributed by atoms with Gasteiger partial charge in [-0.1, -0.05) is 24.3 Å². The van der Waals surface area contributed by atoms with Crippen LogP contribution < -0.4 is 9.47 Å². The van der Waals surface area contributed by atoms with Crippen LogP contribution in [0.5, 0.6) is 11.5 Å². The van der Waals surface area contributed by atoms with E-state index in [4.69, 9.17) is 9.47 Å². The molecule has 0 saturated heterocycles. The van der Waals surface area contributed by atoms with Crippen LogP contribution in [-0.2, 0) is 13.1 Å². The highest BCUT2D eigenvalue weighted by Gasteiger charge is 2.28. The Balaban J connectivity index is 1.70. The summed E-state index contributed by atoms with van der Waals surface area (Å²) < 4.78 is 47.1. The number of rotatable bonds is 8. The van der Waals surface area contributed by atoms with Crippen LogP contribution in [0.2, 0.25) is 0 Å². The molecule has 1 aliphatic rings. The fourth-order valence-electron chi connectivity index (χ4n) is 3.83. The molecule has 4 nitrogen and oxygen atoms in total. The molecule has 0 heterocycles. The van der Waals surface area contributed by atoms with Gasteiger partial charge < -0.3 is 14.6 Å². The van der Waals surface area contributed by atoms with E-state index in [9.17, 15) is 18.3 Å². The second kappa shape index (κ2) is 10.2. The molecule has 1 aliphatic carbocycles. The minimum Gasteiger partial charge on any atom is -0.497 e. The van der Waals surface area contributed by atoms with Crippen molar-refractivity contribution in [2.75, 3.05) is 13.7 Å². The van der Waals surface area contributed by atoms with Crippen molar-refractivity contribution in [1.82, 2.24) is 4.90 Å². The number of hydrogen-bond donors (Lipinski definition) is 1. The molecule has 0 atom stereocenters. The van der Waals surface area contributed by atoms with Crippen LogP contribution in [0.25, 0.3) is 0 Å². The number of methoxy groups -OCH3 is 1. The smallest absolute Gasteiger partial charge is 0.422 e. The topological polar surface area (TPSA) is 41.9 Å². The summed E-state index contributed by atoms with van der Waals surface area (Å²) in [6.45, 7) is 0.0977. The lowest BCUT2D eigenvalue weighted by atomic mass is 9.91. The molecule has 7 heteroatoms. The quantitative estimate of drug-likeness (QED) is 0.653. The predicted molar refractivity (Wildman–Crippen MR) is 108 cm³/mol. The minimum absolute atomic E-state index is 0.205. The number of alkyl halides is 3. The average Bonchev–Trinajstić information content (AvgIpc) is 2.73. The molecule has 0 amide bonds. The third kappa shape index (κ3) is 6.92. The Hall–Kier alpha value is -2.25. The molecule has 30 heavy (non-hydrogen) atoms. The largest absolute Gasteiger partial charge is 0.497 e. The number of aliphatic hydroxyl groups is 1. The van der Waals surface area contributed by atoms with E-state index in [-0.39, 0.29) is 11.9 Å². The zero-order valence-electron chi connectivity index (χ0n) is 17.1. The number of nitrogens with zero attached hydrogens (tertiary/aromatic N) is 1. The summed E-state index contributed by atoms with van der Waals surface area (Å²) in [6.07, 6.45) is -1.19. The van der Waals surface area contributed by atoms with Crippen LogP contribution in [-0.4, -0.2) is 42.0 Å². The molecule has 0 aliphatic heterocycles. The first-order chi connectivity index (χ1) is 14.3. The Morgan fingerprint density at radius 3 is 2.23 bits per heavy atom. The maximum atomic E-state index is 12.3. The van der Waals surface area contributed by atoms with Crippen LogP contribution in [0.4, 0.5) is 13.2 Å². The lowest BCUT2D eigenvalue weighted by Crippen LogP contribution is -2.38. The van der Waals surface area contributed by atoms with E-state index < -0.39 is 12.8 Å². The van der Waals surface area contributed by atoms with Crippen LogP contribution >= 0.6 is 0 Å². The van der Waals surface area contributed by atoms with Gasteiger partial charge in [0.15, 0.2) is 6.61 Å². The van der Waals surface area contributed by atoms with E-state index in [1.807, 2.05) is 30.3 Å². The number of ether oxygens (including phenoxy) is 2. The van der Waals surface area contributed by atoms with Crippen molar-refractivity contribution in [2.24, 2.45) is 0 Å². The third-order valence-electron chi connectivity index (χ3n) is 5.41. The number of halogens is 3. The molecular formula is C23H28F3NO3. The monoisotopic (exact) mass is 423 g/mol. The number of hydrogen-bond acceptors (Lipinski definition) is 4. The highest BCUT2D eigenvalue weighted by atomic mass is 19.4. The SMILES string of the molecule is COc1cccc(CN(Cc2ccc(OCC(F)(F)F)cc2)C2CCC(O)CC2)c1. The van der Waals surface area contributed by atoms with Gasteiger partial charge in [-0.15, -0.1) is 0 Å². The predicted octanol–water partition coefficient (Wildman–Crippen LogP) is 4.94. The molecule has 3 rings (SSSR count). The van der Waals surface area contributed by atoms with Gasteiger partial charge >= 0.3 is 6.18 Å². The van der Waals surface area contributed by atoms with Gasteiger partial charge in [-0.25, -0.2) is 0 Å². The van der Waals surface area contributed by atoms with Crippen molar-refractivity contribution in [3.63, 3.8) is 0 Å². The van der Waals surface area contributed by atoms with Crippen molar-refractivity contribution in [1.29, 1.82) is 0 Å². The molecule has 1 saturated carbocycles. The minimum atomic E-state index is -4.35. The maximum Gasteiger partial charge on any atom is 0.422 e. The third-order valence-corrected chi connectivity index (χ3v) is 5.41. The number of benzene rings is 2. The first-order valence-corrected chi connectivity index (χ1v) is 10.2. The fraction of sp³-hybridized carbons (Fsp3) is 0.478. The summed E-state index contributed by atoms with van der Waals surface area (Å²) in [5, 5.41) is 9.87. The molecule has 2 aromatic rings. The van der Waals surface area contributed by atoms with Crippen LogP contribution in [0, 0.1) is 0 Å². The second-order valence-electron chi connectivity index (χ2n) is 7.77. The molecule has 0 radical (unpaired) electrons.